The van der Waals surface area contributed by atoms with Crippen LogP contribution in [0.25, 0.3) is 0 Å². The minimum absolute atomic E-state index is 0.406. The van der Waals surface area contributed by atoms with E-state index in [1.807, 2.05) is 0 Å². The third-order valence-corrected chi connectivity index (χ3v) is 4.91. The van der Waals surface area contributed by atoms with Crippen molar-refractivity contribution in [3.63, 3.8) is 0 Å². The monoisotopic (exact) mass is 303 g/mol. The number of rotatable bonds is 3. The van der Waals surface area contributed by atoms with Crippen molar-refractivity contribution >= 4 is 21.6 Å². The predicted octanol–water partition coefficient (Wildman–Crippen LogP) is 1.73. The Morgan fingerprint density at radius 2 is 2.16 bits per heavy atom. The molecule has 1 atom stereocenters. The number of hydrogen-bond donors (Lipinski definition) is 0. The molecule has 106 valence electrons. The minimum Gasteiger partial charge on any atom is -0.260 e. The second-order valence-corrected chi connectivity index (χ2v) is 7.37. The molecule has 0 amide bonds. The molecule has 0 unspecified atom stereocenters. The van der Waals surface area contributed by atoms with Gasteiger partial charge in [-0.25, -0.2) is 17.7 Å². The van der Waals surface area contributed by atoms with Crippen molar-refractivity contribution in [2.45, 2.75) is 25.7 Å². The molecular formula is C12H18ClN3O2S. The molecule has 2 rings (SSSR count). The number of halogens is 1. The Kier molecular flexibility index (Phi) is 4.76. The maximum Gasteiger partial charge on any atom is 0.211 e. The van der Waals surface area contributed by atoms with E-state index in [1.54, 1.807) is 10.5 Å². The molecule has 0 radical (unpaired) electrons. The molecule has 0 aromatic carbocycles. The molecule has 5 nitrogen and oxygen atoms in total. The van der Waals surface area contributed by atoms with Crippen LogP contribution >= 0.6 is 11.6 Å². The standard InChI is InChI=1S/C12H18ClN3O2S/c1-19(17,18)16-5-2-3-10(4-6-16)7-11-8-14-9-12(13)15-11/h8-10H,2-7H2,1H3/t10-/m1/s1. The molecule has 0 aliphatic carbocycles. The molecular weight excluding hydrogens is 286 g/mol. The van der Waals surface area contributed by atoms with Crippen molar-refractivity contribution in [2.24, 2.45) is 5.92 Å². The van der Waals surface area contributed by atoms with Gasteiger partial charge in [0.2, 0.25) is 10.0 Å². The van der Waals surface area contributed by atoms with Crippen molar-refractivity contribution in [1.29, 1.82) is 0 Å². The smallest absolute Gasteiger partial charge is 0.211 e. The highest BCUT2D eigenvalue weighted by Gasteiger charge is 2.23. The first-order chi connectivity index (χ1) is 8.95. The van der Waals surface area contributed by atoms with Crippen molar-refractivity contribution in [3.05, 3.63) is 23.2 Å². The first kappa shape index (κ1) is 14.7. The highest BCUT2D eigenvalue weighted by atomic mass is 35.5. The van der Waals surface area contributed by atoms with E-state index >= 15 is 0 Å². The zero-order valence-electron chi connectivity index (χ0n) is 10.9. The second-order valence-electron chi connectivity index (χ2n) is 5.00. The topological polar surface area (TPSA) is 63.2 Å². The van der Waals surface area contributed by atoms with Gasteiger partial charge in [-0.05, 0) is 31.6 Å². The molecule has 2 heterocycles. The van der Waals surface area contributed by atoms with Gasteiger partial charge in [0, 0.05) is 19.3 Å². The fourth-order valence-corrected chi connectivity index (χ4v) is 3.51. The van der Waals surface area contributed by atoms with Crippen molar-refractivity contribution in [1.82, 2.24) is 14.3 Å². The molecule has 1 aromatic rings. The van der Waals surface area contributed by atoms with E-state index in [-0.39, 0.29) is 0 Å². The predicted molar refractivity (Wildman–Crippen MR) is 74.5 cm³/mol. The maximum atomic E-state index is 11.5. The first-order valence-electron chi connectivity index (χ1n) is 6.36. The molecule has 0 N–H and O–H groups in total. The lowest BCUT2D eigenvalue weighted by Crippen LogP contribution is -2.30. The molecule has 1 saturated heterocycles. The Balaban J connectivity index is 1.96. The van der Waals surface area contributed by atoms with Crippen molar-refractivity contribution in [3.8, 4) is 0 Å². The lowest BCUT2D eigenvalue weighted by Gasteiger charge is -2.17. The molecule has 0 saturated carbocycles. The van der Waals surface area contributed by atoms with Gasteiger partial charge in [-0.3, -0.25) is 4.98 Å². The van der Waals surface area contributed by atoms with Crippen LogP contribution in [-0.4, -0.2) is 42.0 Å². The van der Waals surface area contributed by atoms with E-state index in [4.69, 9.17) is 11.6 Å². The summed E-state index contributed by atoms with van der Waals surface area (Å²) in [6.45, 7) is 1.22. The Morgan fingerprint density at radius 1 is 1.37 bits per heavy atom. The molecule has 1 aliphatic rings. The van der Waals surface area contributed by atoms with Crippen LogP contribution in [0.3, 0.4) is 0 Å². The average molecular weight is 304 g/mol. The lowest BCUT2D eigenvalue weighted by atomic mass is 9.95. The third-order valence-electron chi connectivity index (χ3n) is 3.43. The van der Waals surface area contributed by atoms with Gasteiger partial charge >= 0.3 is 0 Å². The van der Waals surface area contributed by atoms with E-state index < -0.39 is 10.0 Å². The van der Waals surface area contributed by atoms with Gasteiger partial charge in [-0.2, -0.15) is 0 Å². The Hall–Kier alpha value is -0.720. The third kappa shape index (κ3) is 4.40. The summed E-state index contributed by atoms with van der Waals surface area (Å²) in [6.07, 6.45) is 8.10. The molecule has 1 aromatic heterocycles. The van der Waals surface area contributed by atoms with Crippen LogP contribution in [-0.2, 0) is 16.4 Å². The fraction of sp³-hybridized carbons (Fsp3) is 0.667. The van der Waals surface area contributed by atoms with Gasteiger partial charge in [0.1, 0.15) is 5.15 Å². The van der Waals surface area contributed by atoms with Gasteiger partial charge in [-0.15, -0.1) is 0 Å². The number of aromatic nitrogens is 2. The Morgan fingerprint density at radius 3 is 2.84 bits per heavy atom. The number of hydrogen-bond acceptors (Lipinski definition) is 4. The van der Waals surface area contributed by atoms with Crippen LogP contribution in [0.15, 0.2) is 12.4 Å². The van der Waals surface area contributed by atoms with Gasteiger partial charge < -0.3 is 0 Å². The Bertz CT molecular complexity index is 536. The average Bonchev–Trinajstić information content (AvgIpc) is 2.54. The zero-order valence-corrected chi connectivity index (χ0v) is 12.5. The van der Waals surface area contributed by atoms with Crippen molar-refractivity contribution < 1.29 is 8.42 Å². The summed E-state index contributed by atoms with van der Waals surface area (Å²) >= 11 is 5.82. The SMILES string of the molecule is CS(=O)(=O)N1CCC[C@@H](Cc2cncc(Cl)n2)CC1. The zero-order chi connectivity index (χ0) is 13.9. The van der Waals surface area contributed by atoms with Gasteiger partial charge in [0.25, 0.3) is 0 Å². The minimum atomic E-state index is -3.07. The number of nitrogens with zero attached hydrogens (tertiary/aromatic N) is 3. The molecule has 19 heavy (non-hydrogen) atoms. The van der Waals surface area contributed by atoms with Crippen LogP contribution in [0, 0.1) is 5.92 Å². The highest BCUT2D eigenvalue weighted by molar-refractivity contribution is 7.88. The molecule has 7 heteroatoms. The van der Waals surface area contributed by atoms with Crippen LogP contribution in [0.1, 0.15) is 25.0 Å². The molecule has 1 fully saturated rings. The maximum absolute atomic E-state index is 11.5. The van der Waals surface area contributed by atoms with Gasteiger partial charge in [0.05, 0.1) is 18.1 Å². The highest BCUT2D eigenvalue weighted by Crippen LogP contribution is 2.22. The van der Waals surface area contributed by atoms with E-state index in [2.05, 4.69) is 9.97 Å². The summed E-state index contributed by atoms with van der Waals surface area (Å²) in [5.74, 6) is 0.444. The molecule has 1 aliphatic heterocycles. The number of sulfonamides is 1. The summed E-state index contributed by atoms with van der Waals surface area (Å²) in [4.78, 5) is 8.26. The summed E-state index contributed by atoms with van der Waals surface area (Å²) in [5, 5.41) is 0.406. The van der Waals surface area contributed by atoms with Crippen LogP contribution < -0.4 is 0 Å². The molecule has 0 spiro atoms. The van der Waals surface area contributed by atoms with Gasteiger partial charge in [-0.1, -0.05) is 11.6 Å². The normalized spacial score (nSPS) is 22.1. The summed E-state index contributed by atoms with van der Waals surface area (Å²) in [6, 6.07) is 0. The summed E-state index contributed by atoms with van der Waals surface area (Å²) < 4.78 is 24.6. The van der Waals surface area contributed by atoms with E-state index in [0.29, 0.717) is 24.2 Å². The van der Waals surface area contributed by atoms with E-state index in [9.17, 15) is 8.42 Å². The van der Waals surface area contributed by atoms with E-state index in [0.717, 1.165) is 31.4 Å². The summed E-state index contributed by atoms with van der Waals surface area (Å²) in [5.41, 5.74) is 0.880. The van der Waals surface area contributed by atoms with Crippen LogP contribution in [0.5, 0.6) is 0 Å². The van der Waals surface area contributed by atoms with Crippen molar-refractivity contribution in [2.75, 3.05) is 19.3 Å². The van der Waals surface area contributed by atoms with Gasteiger partial charge in [0.15, 0.2) is 0 Å². The first-order valence-corrected chi connectivity index (χ1v) is 8.59. The fourth-order valence-electron chi connectivity index (χ4n) is 2.45. The quantitative estimate of drug-likeness (QED) is 0.853. The lowest BCUT2D eigenvalue weighted by molar-refractivity contribution is 0.412. The second kappa shape index (κ2) is 6.15. The molecule has 0 bridgehead atoms. The van der Waals surface area contributed by atoms with Crippen LogP contribution in [0.2, 0.25) is 5.15 Å². The largest absolute Gasteiger partial charge is 0.260 e. The summed E-state index contributed by atoms with van der Waals surface area (Å²) in [7, 11) is -3.07. The van der Waals surface area contributed by atoms with E-state index in [1.165, 1.54) is 12.5 Å². The Labute approximate surface area is 119 Å². The van der Waals surface area contributed by atoms with Crippen LogP contribution in [0.4, 0.5) is 0 Å².